The molecule has 2 aliphatic rings. The highest BCUT2D eigenvalue weighted by molar-refractivity contribution is 5.84. The zero-order chi connectivity index (χ0) is 17.1. The molecule has 130 valence electrons. The minimum Gasteiger partial charge on any atom is -0.376 e. The van der Waals surface area contributed by atoms with E-state index in [1.807, 2.05) is 0 Å². The van der Waals surface area contributed by atoms with Gasteiger partial charge in [-0.25, -0.2) is 4.39 Å². The van der Waals surface area contributed by atoms with Gasteiger partial charge >= 0.3 is 0 Å². The monoisotopic (exact) mass is 334 g/mol. The lowest BCUT2D eigenvalue weighted by atomic mass is 9.83. The van der Waals surface area contributed by atoms with Crippen molar-refractivity contribution in [3.05, 3.63) is 35.6 Å². The first-order valence-electron chi connectivity index (χ1n) is 8.47. The first-order valence-corrected chi connectivity index (χ1v) is 8.47. The van der Waals surface area contributed by atoms with Gasteiger partial charge in [0, 0.05) is 32.2 Å². The maximum Gasteiger partial charge on any atom is 0.225 e. The van der Waals surface area contributed by atoms with Gasteiger partial charge in [-0.1, -0.05) is 18.2 Å². The molecule has 0 aliphatic carbocycles. The first-order chi connectivity index (χ1) is 11.6. The molecular formula is C18H23FN2O3. The third-order valence-corrected chi connectivity index (χ3v) is 4.95. The van der Waals surface area contributed by atoms with Gasteiger partial charge in [0.25, 0.3) is 0 Å². The van der Waals surface area contributed by atoms with Gasteiger partial charge in [-0.15, -0.1) is 0 Å². The molecule has 0 spiro atoms. The summed E-state index contributed by atoms with van der Waals surface area (Å²) in [7, 11) is 1.64. The highest BCUT2D eigenvalue weighted by Gasteiger charge is 2.40. The lowest BCUT2D eigenvalue weighted by Crippen LogP contribution is -2.47. The lowest BCUT2D eigenvalue weighted by Gasteiger charge is -2.38. The molecule has 2 fully saturated rings. The molecule has 0 saturated carbocycles. The van der Waals surface area contributed by atoms with Gasteiger partial charge in [0.15, 0.2) is 0 Å². The average molecular weight is 334 g/mol. The van der Waals surface area contributed by atoms with Crippen LogP contribution < -0.4 is 5.32 Å². The van der Waals surface area contributed by atoms with E-state index >= 15 is 0 Å². The second-order valence-corrected chi connectivity index (χ2v) is 6.50. The molecule has 3 atom stereocenters. The van der Waals surface area contributed by atoms with Gasteiger partial charge < -0.3 is 15.0 Å². The molecule has 1 aromatic rings. The second-order valence-electron chi connectivity index (χ2n) is 6.50. The average Bonchev–Trinajstić information content (AvgIpc) is 3.09. The van der Waals surface area contributed by atoms with Gasteiger partial charge in [0.2, 0.25) is 11.8 Å². The zero-order valence-corrected chi connectivity index (χ0v) is 13.8. The van der Waals surface area contributed by atoms with Crippen molar-refractivity contribution in [3.8, 4) is 0 Å². The van der Waals surface area contributed by atoms with Gasteiger partial charge in [0.05, 0.1) is 18.1 Å². The van der Waals surface area contributed by atoms with Crippen molar-refractivity contribution in [1.82, 2.24) is 10.2 Å². The molecule has 2 amide bonds. The fraction of sp³-hybridized carbons (Fsp3) is 0.556. The first kappa shape index (κ1) is 16.9. The van der Waals surface area contributed by atoms with Gasteiger partial charge in [-0.3, -0.25) is 9.59 Å². The Hall–Kier alpha value is -1.95. The van der Waals surface area contributed by atoms with Crippen LogP contribution in [0.5, 0.6) is 0 Å². The second kappa shape index (κ2) is 7.30. The van der Waals surface area contributed by atoms with E-state index in [1.54, 1.807) is 25.2 Å². The summed E-state index contributed by atoms with van der Waals surface area (Å²) in [6, 6.07) is 5.78. The summed E-state index contributed by atoms with van der Waals surface area (Å²) in [5, 5.41) is 2.92. The molecule has 24 heavy (non-hydrogen) atoms. The van der Waals surface area contributed by atoms with E-state index in [9.17, 15) is 14.0 Å². The number of halogens is 1. The van der Waals surface area contributed by atoms with Crippen LogP contribution in [0, 0.1) is 11.7 Å². The number of amides is 2. The van der Waals surface area contributed by atoms with Crippen molar-refractivity contribution >= 4 is 11.8 Å². The van der Waals surface area contributed by atoms with Crippen molar-refractivity contribution in [2.24, 2.45) is 5.92 Å². The number of likely N-dealkylation sites (tertiary alicyclic amines) is 1. The van der Waals surface area contributed by atoms with Crippen molar-refractivity contribution < 1.29 is 18.7 Å². The van der Waals surface area contributed by atoms with Crippen LogP contribution in [0.3, 0.4) is 0 Å². The van der Waals surface area contributed by atoms with Crippen LogP contribution in [-0.4, -0.2) is 43.0 Å². The number of piperidine rings is 1. The van der Waals surface area contributed by atoms with E-state index in [1.165, 1.54) is 11.0 Å². The van der Waals surface area contributed by atoms with E-state index in [-0.39, 0.29) is 23.7 Å². The lowest BCUT2D eigenvalue weighted by molar-refractivity contribution is -0.141. The molecule has 2 heterocycles. The molecule has 3 rings (SSSR count). The summed E-state index contributed by atoms with van der Waals surface area (Å²) in [6.45, 7) is 1.20. The van der Waals surface area contributed by atoms with E-state index in [0.717, 1.165) is 19.4 Å². The van der Waals surface area contributed by atoms with Crippen LogP contribution in [-0.2, 0) is 14.3 Å². The summed E-state index contributed by atoms with van der Waals surface area (Å²) >= 11 is 0. The Balaban J connectivity index is 1.77. The normalized spacial score (nSPS) is 27.3. The Morgan fingerprint density at radius 3 is 2.88 bits per heavy atom. The summed E-state index contributed by atoms with van der Waals surface area (Å²) in [4.78, 5) is 26.2. The number of hydrogen-bond acceptors (Lipinski definition) is 3. The summed E-state index contributed by atoms with van der Waals surface area (Å²) in [6.07, 6.45) is 2.75. The number of carbonyl (C=O) groups is 2. The molecule has 5 nitrogen and oxygen atoms in total. The number of ether oxygens (including phenoxy) is 1. The smallest absolute Gasteiger partial charge is 0.225 e. The number of carbonyl (C=O) groups excluding carboxylic acids is 2. The number of nitrogens with zero attached hydrogens (tertiary/aromatic N) is 1. The third kappa shape index (κ3) is 3.43. The Kier molecular flexibility index (Phi) is 5.14. The van der Waals surface area contributed by atoms with Crippen LogP contribution in [0.1, 0.15) is 37.3 Å². The fourth-order valence-corrected chi connectivity index (χ4v) is 3.60. The van der Waals surface area contributed by atoms with E-state index < -0.39 is 12.0 Å². The summed E-state index contributed by atoms with van der Waals surface area (Å²) in [5.74, 6) is -1.04. The van der Waals surface area contributed by atoms with Gasteiger partial charge in [0.1, 0.15) is 5.82 Å². The van der Waals surface area contributed by atoms with Crippen molar-refractivity contribution in [1.29, 1.82) is 0 Å². The molecule has 6 heteroatoms. The molecule has 1 N–H and O–H groups in total. The Morgan fingerprint density at radius 1 is 1.38 bits per heavy atom. The van der Waals surface area contributed by atoms with Crippen LogP contribution in [0.4, 0.5) is 4.39 Å². The fourth-order valence-electron chi connectivity index (χ4n) is 3.60. The van der Waals surface area contributed by atoms with Crippen LogP contribution in [0.25, 0.3) is 0 Å². The molecule has 3 unspecified atom stereocenters. The Morgan fingerprint density at radius 2 is 2.17 bits per heavy atom. The largest absolute Gasteiger partial charge is 0.376 e. The highest BCUT2D eigenvalue weighted by atomic mass is 19.1. The topological polar surface area (TPSA) is 58.6 Å². The predicted octanol–water partition coefficient (Wildman–Crippen LogP) is 2.03. The number of hydrogen-bond donors (Lipinski definition) is 1. The Labute approximate surface area is 141 Å². The predicted molar refractivity (Wildman–Crippen MR) is 86.6 cm³/mol. The third-order valence-electron chi connectivity index (χ3n) is 4.95. The molecule has 0 radical (unpaired) electrons. The molecule has 1 aromatic carbocycles. The standard InChI is InChI=1S/C18H23FN2O3/c1-21-16(22)9-8-14(17(21)13-6-2-3-7-15(13)19)18(23)20-11-12-5-4-10-24-12/h2-3,6-7,12,14,17H,4-5,8-11H2,1H3,(H,20,23). The molecule has 0 aromatic heterocycles. The van der Waals surface area contributed by atoms with Crippen LogP contribution in [0.2, 0.25) is 0 Å². The molecule has 2 aliphatic heterocycles. The molecule has 0 bridgehead atoms. The summed E-state index contributed by atoms with van der Waals surface area (Å²) in [5.41, 5.74) is 0.394. The number of nitrogens with one attached hydrogen (secondary N) is 1. The minimum atomic E-state index is -0.572. The quantitative estimate of drug-likeness (QED) is 0.917. The van der Waals surface area contributed by atoms with Gasteiger partial charge in [-0.05, 0) is 25.3 Å². The van der Waals surface area contributed by atoms with Crippen molar-refractivity contribution in [3.63, 3.8) is 0 Å². The van der Waals surface area contributed by atoms with Crippen molar-refractivity contribution in [2.75, 3.05) is 20.2 Å². The number of benzene rings is 1. The molecule has 2 saturated heterocycles. The van der Waals surface area contributed by atoms with Crippen molar-refractivity contribution in [2.45, 2.75) is 37.8 Å². The van der Waals surface area contributed by atoms with E-state index in [0.29, 0.717) is 24.9 Å². The van der Waals surface area contributed by atoms with Crippen LogP contribution >= 0.6 is 0 Å². The van der Waals surface area contributed by atoms with Crippen LogP contribution in [0.15, 0.2) is 24.3 Å². The maximum absolute atomic E-state index is 14.3. The Bertz CT molecular complexity index is 616. The van der Waals surface area contributed by atoms with E-state index in [4.69, 9.17) is 4.74 Å². The summed E-state index contributed by atoms with van der Waals surface area (Å²) < 4.78 is 19.8. The van der Waals surface area contributed by atoms with E-state index in [2.05, 4.69) is 5.32 Å². The SMILES string of the molecule is CN1C(=O)CCC(C(=O)NCC2CCCO2)C1c1ccccc1F. The zero-order valence-electron chi connectivity index (χ0n) is 13.8. The highest BCUT2D eigenvalue weighted by Crippen LogP contribution is 2.37. The maximum atomic E-state index is 14.3. The number of rotatable bonds is 4. The molecular weight excluding hydrogens is 311 g/mol. The minimum absolute atomic E-state index is 0.0591. The van der Waals surface area contributed by atoms with Gasteiger partial charge in [-0.2, -0.15) is 0 Å².